The van der Waals surface area contributed by atoms with Gasteiger partial charge in [0.05, 0.1) is 16.9 Å². The minimum absolute atomic E-state index is 0.341. The zero-order chi connectivity index (χ0) is 14.9. The molecule has 2 aliphatic rings. The Balaban J connectivity index is 1.41. The van der Waals surface area contributed by atoms with Gasteiger partial charge in [0.25, 0.3) is 0 Å². The summed E-state index contributed by atoms with van der Waals surface area (Å²) in [6.45, 7) is 5.32. The number of rotatable bonds is 4. The number of fused-ring (bicyclic) bond motifs is 1. The number of aromatic nitrogens is 2. The van der Waals surface area contributed by atoms with Crippen LogP contribution in [0, 0.1) is 18.8 Å². The fourth-order valence-corrected chi connectivity index (χ4v) is 4.43. The minimum Gasteiger partial charge on any atom is -0.488 e. The van der Waals surface area contributed by atoms with Crippen LogP contribution in [0.4, 0.5) is 0 Å². The van der Waals surface area contributed by atoms with E-state index in [1.165, 1.54) is 25.1 Å². The Hall–Kier alpha value is -1.46. The first kappa shape index (κ1) is 14.2. The van der Waals surface area contributed by atoms with Crippen molar-refractivity contribution in [2.24, 2.45) is 11.8 Å². The molecule has 0 unspecified atom stereocenters. The summed E-state index contributed by atoms with van der Waals surface area (Å²) in [6.07, 6.45) is 4.62. The highest BCUT2D eigenvalue weighted by molar-refractivity contribution is 7.07. The summed E-state index contributed by atoms with van der Waals surface area (Å²) in [7, 11) is 0. The number of pyridine rings is 1. The predicted octanol–water partition coefficient (Wildman–Crippen LogP) is 3.14. The third-order valence-electron chi connectivity index (χ3n) is 4.97. The van der Waals surface area contributed by atoms with E-state index in [2.05, 4.69) is 20.2 Å². The molecule has 3 atom stereocenters. The van der Waals surface area contributed by atoms with E-state index in [-0.39, 0.29) is 0 Å². The van der Waals surface area contributed by atoms with E-state index < -0.39 is 0 Å². The van der Waals surface area contributed by atoms with E-state index in [1.54, 1.807) is 11.3 Å². The zero-order valence-electron chi connectivity index (χ0n) is 12.8. The van der Waals surface area contributed by atoms with Gasteiger partial charge in [0.1, 0.15) is 11.9 Å². The van der Waals surface area contributed by atoms with E-state index in [0.717, 1.165) is 30.5 Å². The Labute approximate surface area is 135 Å². The van der Waals surface area contributed by atoms with Crippen LogP contribution >= 0.6 is 11.3 Å². The quantitative estimate of drug-likeness (QED) is 0.869. The van der Waals surface area contributed by atoms with Crippen molar-refractivity contribution in [1.29, 1.82) is 0 Å². The summed E-state index contributed by atoms with van der Waals surface area (Å²) in [5.74, 6) is 2.38. The molecule has 1 aliphatic carbocycles. The third-order valence-corrected chi connectivity index (χ3v) is 5.61. The fraction of sp³-hybridized carbons (Fsp3) is 0.529. The van der Waals surface area contributed by atoms with E-state index >= 15 is 0 Å². The summed E-state index contributed by atoms with van der Waals surface area (Å²) in [5.41, 5.74) is 4.11. The second-order valence-corrected chi connectivity index (χ2v) is 7.14. The van der Waals surface area contributed by atoms with Crippen molar-refractivity contribution < 1.29 is 4.74 Å². The first-order valence-electron chi connectivity index (χ1n) is 7.97. The molecule has 0 bridgehead atoms. The highest BCUT2D eigenvalue weighted by Gasteiger charge is 2.43. The van der Waals surface area contributed by atoms with Gasteiger partial charge in [-0.3, -0.25) is 9.88 Å². The van der Waals surface area contributed by atoms with Crippen molar-refractivity contribution in [3.05, 3.63) is 40.6 Å². The van der Waals surface area contributed by atoms with Gasteiger partial charge < -0.3 is 4.74 Å². The first-order valence-corrected chi connectivity index (χ1v) is 8.91. The van der Waals surface area contributed by atoms with Crippen LogP contribution in [-0.4, -0.2) is 34.1 Å². The van der Waals surface area contributed by atoms with Gasteiger partial charge in [-0.05, 0) is 37.8 Å². The second-order valence-electron chi connectivity index (χ2n) is 6.42. The number of aryl methyl sites for hydroxylation is 1. The Bertz CT molecular complexity index is 631. The molecule has 1 aliphatic heterocycles. The van der Waals surface area contributed by atoms with Gasteiger partial charge in [-0.15, -0.1) is 11.3 Å². The molecule has 0 aromatic carbocycles. The fourth-order valence-electron chi connectivity index (χ4n) is 3.88. The normalized spacial score (nSPS) is 28.0. The molecule has 116 valence electrons. The van der Waals surface area contributed by atoms with Crippen molar-refractivity contribution in [2.75, 3.05) is 13.1 Å². The van der Waals surface area contributed by atoms with Gasteiger partial charge in [0.15, 0.2) is 0 Å². The van der Waals surface area contributed by atoms with E-state index in [1.807, 2.05) is 30.8 Å². The highest BCUT2D eigenvalue weighted by Crippen LogP contribution is 2.40. The Morgan fingerprint density at radius 1 is 1.32 bits per heavy atom. The van der Waals surface area contributed by atoms with Crippen molar-refractivity contribution in [2.45, 2.75) is 32.4 Å². The van der Waals surface area contributed by atoms with Gasteiger partial charge >= 0.3 is 0 Å². The van der Waals surface area contributed by atoms with Gasteiger partial charge in [-0.2, -0.15) is 0 Å². The zero-order valence-corrected chi connectivity index (χ0v) is 13.6. The molecule has 0 radical (unpaired) electrons. The highest BCUT2D eigenvalue weighted by atomic mass is 32.1. The average Bonchev–Trinajstić information content (AvgIpc) is 3.21. The molecule has 0 N–H and O–H groups in total. The molecule has 2 aromatic rings. The maximum atomic E-state index is 6.30. The topological polar surface area (TPSA) is 38.2 Å². The summed E-state index contributed by atoms with van der Waals surface area (Å²) in [4.78, 5) is 11.3. The van der Waals surface area contributed by atoms with Crippen LogP contribution < -0.4 is 4.74 Å². The lowest BCUT2D eigenvalue weighted by molar-refractivity contribution is 0.146. The molecule has 2 fully saturated rings. The lowest BCUT2D eigenvalue weighted by Gasteiger charge is -2.22. The molecule has 3 heterocycles. The third kappa shape index (κ3) is 2.75. The SMILES string of the molecule is Cc1ncccc1O[C@@H]1CC[C@H]2CN(Cc3cscn3)C[C@H]21. The van der Waals surface area contributed by atoms with Crippen molar-refractivity contribution >= 4 is 11.3 Å². The molecule has 1 saturated heterocycles. The van der Waals surface area contributed by atoms with Crippen LogP contribution in [0.5, 0.6) is 5.75 Å². The summed E-state index contributed by atoms with van der Waals surface area (Å²) in [6, 6.07) is 4.00. The Morgan fingerprint density at radius 2 is 2.27 bits per heavy atom. The lowest BCUT2D eigenvalue weighted by Crippen LogP contribution is -2.28. The van der Waals surface area contributed by atoms with Crippen molar-refractivity contribution in [3.63, 3.8) is 0 Å². The van der Waals surface area contributed by atoms with Crippen LogP contribution in [0.25, 0.3) is 0 Å². The minimum atomic E-state index is 0.341. The number of hydrogen-bond donors (Lipinski definition) is 0. The van der Waals surface area contributed by atoms with Gasteiger partial charge in [-0.1, -0.05) is 0 Å². The summed E-state index contributed by atoms with van der Waals surface area (Å²) < 4.78 is 6.30. The van der Waals surface area contributed by atoms with E-state index in [0.29, 0.717) is 12.0 Å². The molecule has 4 nitrogen and oxygen atoms in total. The van der Waals surface area contributed by atoms with Crippen LogP contribution in [-0.2, 0) is 6.54 Å². The monoisotopic (exact) mass is 315 g/mol. The number of ether oxygens (including phenoxy) is 1. The summed E-state index contributed by atoms with van der Waals surface area (Å²) in [5, 5.41) is 2.15. The maximum absolute atomic E-state index is 6.30. The van der Waals surface area contributed by atoms with Crippen molar-refractivity contribution in [3.8, 4) is 5.75 Å². The smallest absolute Gasteiger partial charge is 0.140 e. The van der Waals surface area contributed by atoms with Crippen molar-refractivity contribution in [1.82, 2.24) is 14.9 Å². The maximum Gasteiger partial charge on any atom is 0.140 e. The number of likely N-dealkylation sites (tertiary alicyclic amines) is 1. The standard InChI is InChI=1S/C17H21N3OS/c1-12-16(3-2-6-18-12)21-17-5-4-13-7-20(9-15(13)17)8-14-10-22-11-19-14/h2-3,6,10-11,13,15,17H,4-5,7-9H2,1H3/t13-,15+,17+/m0/s1. The number of hydrogen-bond acceptors (Lipinski definition) is 5. The van der Waals surface area contributed by atoms with E-state index in [9.17, 15) is 0 Å². The largest absolute Gasteiger partial charge is 0.488 e. The van der Waals surface area contributed by atoms with Gasteiger partial charge in [-0.25, -0.2) is 4.98 Å². The van der Waals surface area contributed by atoms with Crippen LogP contribution in [0.1, 0.15) is 24.2 Å². The van der Waals surface area contributed by atoms with Gasteiger partial charge in [0, 0.05) is 37.1 Å². The van der Waals surface area contributed by atoms with Crippen LogP contribution in [0.15, 0.2) is 29.2 Å². The van der Waals surface area contributed by atoms with Crippen LogP contribution in [0.3, 0.4) is 0 Å². The first-order chi connectivity index (χ1) is 10.8. The Kier molecular flexibility index (Phi) is 3.84. The molecular formula is C17H21N3OS. The predicted molar refractivity (Wildman–Crippen MR) is 87.0 cm³/mol. The summed E-state index contributed by atoms with van der Waals surface area (Å²) >= 11 is 1.68. The number of nitrogens with zero attached hydrogens (tertiary/aromatic N) is 3. The van der Waals surface area contributed by atoms with E-state index in [4.69, 9.17) is 4.74 Å². The molecular weight excluding hydrogens is 294 g/mol. The molecule has 4 rings (SSSR count). The average molecular weight is 315 g/mol. The lowest BCUT2D eigenvalue weighted by atomic mass is 9.99. The Morgan fingerprint density at radius 3 is 3.09 bits per heavy atom. The molecule has 0 amide bonds. The van der Waals surface area contributed by atoms with Gasteiger partial charge in [0.2, 0.25) is 0 Å². The molecule has 2 aromatic heterocycles. The molecule has 22 heavy (non-hydrogen) atoms. The van der Waals surface area contributed by atoms with Crippen LogP contribution in [0.2, 0.25) is 0 Å². The molecule has 0 spiro atoms. The molecule has 1 saturated carbocycles. The second kappa shape index (κ2) is 5.97. The molecule has 5 heteroatoms. The number of thiazole rings is 1.